The number of nitrogens with zero attached hydrogens (tertiary/aromatic N) is 1. The summed E-state index contributed by atoms with van der Waals surface area (Å²) in [5.41, 5.74) is 2.64. The predicted octanol–water partition coefficient (Wildman–Crippen LogP) is -0.371. The normalized spacial score (nSPS) is 27.9. The number of ether oxygens (including phenoxy) is 1. The summed E-state index contributed by atoms with van der Waals surface area (Å²) in [5.74, 6) is 0. The quantitative estimate of drug-likeness (QED) is 0.485. The van der Waals surface area contributed by atoms with Gasteiger partial charge in [-0.05, 0) is 0 Å². The molecule has 3 nitrogen and oxygen atoms in total. The summed E-state index contributed by atoms with van der Waals surface area (Å²) >= 11 is 0. The van der Waals surface area contributed by atoms with E-state index in [-0.39, 0.29) is 6.23 Å². The van der Waals surface area contributed by atoms with Gasteiger partial charge in [0.2, 0.25) is 0 Å². The maximum absolute atomic E-state index is 4.76. The maximum Gasteiger partial charge on any atom is 0.155 e. The van der Waals surface area contributed by atoms with Crippen LogP contribution in [0.4, 0.5) is 0 Å². The van der Waals surface area contributed by atoms with E-state index in [2.05, 4.69) is 16.9 Å². The highest BCUT2D eigenvalue weighted by Crippen LogP contribution is 1.92. The van der Waals surface area contributed by atoms with Crippen LogP contribution in [0.5, 0.6) is 0 Å². The van der Waals surface area contributed by atoms with Crippen LogP contribution in [0.2, 0.25) is 0 Å². The van der Waals surface area contributed by atoms with Crippen molar-refractivity contribution in [3.63, 3.8) is 0 Å². The minimum atomic E-state index is -0.125. The molecule has 0 aromatic carbocycles. The van der Waals surface area contributed by atoms with Gasteiger partial charge in [0.15, 0.2) is 6.23 Å². The van der Waals surface area contributed by atoms with E-state index in [0.717, 1.165) is 0 Å². The van der Waals surface area contributed by atoms with E-state index < -0.39 is 0 Å². The summed E-state index contributed by atoms with van der Waals surface area (Å²) < 4.78 is 4.76. The van der Waals surface area contributed by atoms with Crippen molar-refractivity contribution in [3.05, 3.63) is 6.42 Å². The minimum Gasteiger partial charge on any atom is -0.359 e. The molecule has 0 spiro atoms. The lowest BCUT2D eigenvalue weighted by atomic mass is 10.4. The van der Waals surface area contributed by atoms with Gasteiger partial charge in [-0.25, -0.2) is 0 Å². The number of methoxy groups -OCH3 is 1. The Balaban J connectivity index is 2.22. The highest BCUT2D eigenvalue weighted by Gasteiger charge is 2.07. The first kappa shape index (κ1) is 4.59. The van der Waals surface area contributed by atoms with Crippen LogP contribution in [0.1, 0.15) is 0 Å². The highest BCUT2D eigenvalue weighted by molar-refractivity contribution is 5.70. The first-order chi connectivity index (χ1) is 3.43. The number of rotatable bonds is 1. The largest absolute Gasteiger partial charge is 0.359 e. The third kappa shape index (κ3) is 0.899. The Hall–Kier alpha value is -0.570. The summed E-state index contributed by atoms with van der Waals surface area (Å²) in [5, 5.41) is 3.62. The van der Waals surface area contributed by atoms with Crippen LogP contribution in [0, 0.1) is 6.42 Å². The Labute approximate surface area is 42.4 Å². The van der Waals surface area contributed by atoms with Crippen molar-refractivity contribution in [1.82, 2.24) is 5.43 Å². The summed E-state index contributed by atoms with van der Waals surface area (Å²) in [6.45, 7) is 0. The minimum absolute atomic E-state index is 0.125. The molecule has 1 N–H and O–H groups in total. The average Bonchev–Trinajstić information content (AvgIpc) is 2.14. The zero-order valence-electron chi connectivity index (χ0n) is 4.01. The maximum atomic E-state index is 4.76. The second kappa shape index (κ2) is 1.93. The molecule has 1 aliphatic heterocycles. The van der Waals surface area contributed by atoms with Crippen LogP contribution < -0.4 is 5.43 Å². The molecular formula is C4H6N2O. The average molecular weight is 98.1 g/mol. The molecule has 0 saturated heterocycles. The van der Waals surface area contributed by atoms with Crippen LogP contribution in [-0.4, -0.2) is 19.6 Å². The molecule has 7 heavy (non-hydrogen) atoms. The Kier molecular flexibility index (Phi) is 1.26. The lowest BCUT2D eigenvalue weighted by Crippen LogP contribution is -2.20. The Morgan fingerprint density at radius 1 is 2.00 bits per heavy atom. The zero-order chi connectivity index (χ0) is 5.11. The summed E-state index contributed by atoms with van der Waals surface area (Å²) in [4.78, 5) is 0. The zero-order valence-corrected chi connectivity index (χ0v) is 4.01. The van der Waals surface area contributed by atoms with Crippen LogP contribution in [0.3, 0.4) is 0 Å². The highest BCUT2D eigenvalue weighted by atomic mass is 16.5. The van der Waals surface area contributed by atoms with Crippen molar-refractivity contribution < 1.29 is 4.74 Å². The fourth-order valence-corrected chi connectivity index (χ4v) is 0.368. The number of hydrogen-bond donors (Lipinski definition) is 1. The lowest BCUT2D eigenvalue weighted by molar-refractivity contribution is 0.113. The van der Waals surface area contributed by atoms with Gasteiger partial charge in [0.05, 0.1) is 6.42 Å². The molecule has 1 atom stereocenters. The molecular weight excluding hydrogens is 92.1 g/mol. The lowest BCUT2D eigenvalue weighted by Gasteiger charge is -2.02. The topological polar surface area (TPSA) is 33.6 Å². The molecule has 0 fully saturated rings. The van der Waals surface area contributed by atoms with Gasteiger partial charge in [0.1, 0.15) is 0 Å². The van der Waals surface area contributed by atoms with E-state index in [1.54, 1.807) is 13.3 Å². The molecule has 2 radical (unpaired) electrons. The van der Waals surface area contributed by atoms with Crippen LogP contribution in [-0.2, 0) is 4.74 Å². The van der Waals surface area contributed by atoms with Gasteiger partial charge in [-0.3, -0.25) is 5.43 Å². The molecule has 0 amide bonds. The van der Waals surface area contributed by atoms with E-state index >= 15 is 0 Å². The smallest absolute Gasteiger partial charge is 0.155 e. The molecule has 0 aliphatic carbocycles. The van der Waals surface area contributed by atoms with Gasteiger partial charge in [-0.2, -0.15) is 5.10 Å². The number of hydrazone groups is 1. The molecule has 0 aromatic heterocycles. The third-order valence-corrected chi connectivity index (χ3v) is 0.718. The molecule has 0 saturated carbocycles. The van der Waals surface area contributed by atoms with Gasteiger partial charge in [0, 0.05) is 13.3 Å². The number of hydrogen-bond acceptors (Lipinski definition) is 3. The van der Waals surface area contributed by atoms with Crippen molar-refractivity contribution >= 4 is 6.21 Å². The molecule has 0 aromatic rings. The van der Waals surface area contributed by atoms with Gasteiger partial charge >= 0.3 is 0 Å². The van der Waals surface area contributed by atoms with Gasteiger partial charge in [-0.1, -0.05) is 0 Å². The summed E-state index contributed by atoms with van der Waals surface area (Å²) in [7, 11) is 1.60. The molecule has 38 valence electrons. The fourth-order valence-electron chi connectivity index (χ4n) is 0.368. The fraction of sp³-hybridized carbons (Fsp3) is 0.500. The Morgan fingerprint density at radius 2 is 2.86 bits per heavy atom. The summed E-state index contributed by atoms with van der Waals surface area (Å²) in [6.07, 6.45) is 4.21. The van der Waals surface area contributed by atoms with Crippen LogP contribution >= 0.6 is 0 Å². The van der Waals surface area contributed by atoms with Crippen molar-refractivity contribution in [3.8, 4) is 0 Å². The Morgan fingerprint density at radius 3 is 3.14 bits per heavy atom. The van der Waals surface area contributed by atoms with Crippen molar-refractivity contribution in [2.45, 2.75) is 6.23 Å². The van der Waals surface area contributed by atoms with Gasteiger partial charge < -0.3 is 4.74 Å². The molecule has 1 aliphatic rings. The second-order valence-corrected chi connectivity index (χ2v) is 1.17. The molecule has 1 heterocycles. The first-order valence-electron chi connectivity index (χ1n) is 1.99. The number of nitrogens with one attached hydrogen (secondary N) is 1. The van der Waals surface area contributed by atoms with Crippen molar-refractivity contribution in [2.24, 2.45) is 5.10 Å². The molecule has 3 heteroatoms. The van der Waals surface area contributed by atoms with E-state index in [1.165, 1.54) is 0 Å². The van der Waals surface area contributed by atoms with Crippen molar-refractivity contribution in [2.75, 3.05) is 7.11 Å². The Bertz CT molecular complexity index is 73.8. The van der Waals surface area contributed by atoms with Gasteiger partial charge in [-0.15, -0.1) is 0 Å². The van der Waals surface area contributed by atoms with Crippen LogP contribution in [0.15, 0.2) is 5.10 Å². The van der Waals surface area contributed by atoms with E-state index in [4.69, 9.17) is 4.74 Å². The van der Waals surface area contributed by atoms with Gasteiger partial charge in [0.25, 0.3) is 0 Å². The molecule has 1 unspecified atom stereocenters. The monoisotopic (exact) mass is 98.0 g/mol. The molecule has 0 bridgehead atoms. The standard InChI is InChI=1S/C4H6N2O/c1-7-4-2-3-5-6-4/h3-4,6H,1H3. The first-order valence-corrected chi connectivity index (χ1v) is 1.99. The second-order valence-electron chi connectivity index (χ2n) is 1.17. The van der Waals surface area contributed by atoms with Crippen LogP contribution in [0.25, 0.3) is 0 Å². The third-order valence-electron chi connectivity index (χ3n) is 0.718. The van der Waals surface area contributed by atoms with Crippen molar-refractivity contribution in [1.29, 1.82) is 0 Å². The SMILES string of the molecule is COC1[C]C=NN1. The predicted molar refractivity (Wildman–Crippen MR) is 25.7 cm³/mol. The van der Waals surface area contributed by atoms with E-state index in [9.17, 15) is 0 Å². The van der Waals surface area contributed by atoms with E-state index in [0.29, 0.717) is 0 Å². The summed E-state index contributed by atoms with van der Waals surface area (Å²) in [6, 6.07) is 0. The molecule has 1 rings (SSSR count). The van der Waals surface area contributed by atoms with E-state index in [1.807, 2.05) is 0 Å².